The van der Waals surface area contributed by atoms with Crippen molar-refractivity contribution < 1.29 is 18.7 Å². The lowest BCUT2D eigenvalue weighted by atomic mass is 10.1. The fourth-order valence-electron chi connectivity index (χ4n) is 2.22. The number of methoxy groups -OCH3 is 2. The molecule has 0 saturated carbocycles. The Balaban J connectivity index is 2.03. The number of halogens is 1. The maximum absolute atomic E-state index is 12.9. The molecule has 0 radical (unpaired) electrons. The first-order valence-electron chi connectivity index (χ1n) is 7.49. The van der Waals surface area contributed by atoms with Crippen LogP contribution in [0.5, 0.6) is 11.5 Å². The molecule has 0 spiro atoms. The Morgan fingerprint density at radius 3 is 2.46 bits per heavy atom. The fraction of sp³-hybridized carbons (Fsp3) is 0.211. The molecule has 0 fully saturated rings. The quantitative estimate of drug-likeness (QED) is 0.822. The van der Waals surface area contributed by atoms with Gasteiger partial charge in [-0.15, -0.1) is 0 Å². The maximum Gasteiger partial charge on any atom is 0.244 e. The van der Waals surface area contributed by atoms with E-state index in [9.17, 15) is 9.18 Å². The van der Waals surface area contributed by atoms with Crippen LogP contribution in [0, 0.1) is 5.82 Å². The summed E-state index contributed by atoms with van der Waals surface area (Å²) in [6.45, 7) is 1.84. The van der Waals surface area contributed by atoms with Gasteiger partial charge in [0.25, 0.3) is 0 Å². The van der Waals surface area contributed by atoms with Crippen LogP contribution in [0.1, 0.15) is 24.1 Å². The highest BCUT2D eigenvalue weighted by molar-refractivity contribution is 5.92. The van der Waals surface area contributed by atoms with Crippen LogP contribution in [0.2, 0.25) is 0 Å². The zero-order chi connectivity index (χ0) is 17.5. The molecule has 1 atom stereocenters. The Kier molecular flexibility index (Phi) is 5.95. The first-order valence-corrected chi connectivity index (χ1v) is 7.49. The van der Waals surface area contributed by atoms with Gasteiger partial charge in [-0.3, -0.25) is 4.79 Å². The molecule has 2 rings (SSSR count). The normalized spacial score (nSPS) is 12.0. The average molecular weight is 329 g/mol. The lowest BCUT2D eigenvalue weighted by Gasteiger charge is -2.13. The Morgan fingerprint density at radius 2 is 1.83 bits per heavy atom. The van der Waals surface area contributed by atoms with Gasteiger partial charge in [0.05, 0.1) is 20.3 Å². The molecule has 2 aromatic carbocycles. The molecule has 0 saturated heterocycles. The molecule has 0 unspecified atom stereocenters. The van der Waals surface area contributed by atoms with Gasteiger partial charge in [-0.25, -0.2) is 4.39 Å². The molecule has 0 aliphatic rings. The van der Waals surface area contributed by atoms with Gasteiger partial charge in [0, 0.05) is 17.7 Å². The molecule has 1 amide bonds. The summed E-state index contributed by atoms with van der Waals surface area (Å²) in [5.41, 5.74) is 1.60. The van der Waals surface area contributed by atoms with E-state index in [1.807, 2.05) is 13.0 Å². The molecule has 2 aromatic rings. The number of hydrogen-bond acceptors (Lipinski definition) is 3. The van der Waals surface area contributed by atoms with Gasteiger partial charge in [-0.2, -0.15) is 0 Å². The zero-order valence-electron chi connectivity index (χ0n) is 13.9. The molecule has 0 aliphatic heterocycles. The van der Waals surface area contributed by atoms with Gasteiger partial charge in [-0.05, 0) is 42.8 Å². The summed E-state index contributed by atoms with van der Waals surface area (Å²) < 4.78 is 23.3. The van der Waals surface area contributed by atoms with Crippen LogP contribution in [0.4, 0.5) is 4.39 Å². The van der Waals surface area contributed by atoms with E-state index >= 15 is 0 Å². The van der Waals surface area contributed by atoms with Gasteiger partial charge in [-0.1, -0.05) is 12.1 Å². The van der Waals surface area contributed by atoms with E-state index in [-0.39, 0.29) is 17.8 Å². The minimum atomic E-state index is -0.302. The molecule has 126 valence electrons. The van der Waals surface area contributed by atoms with E-state index in [1.54, 1.807) is 44.6 Å². The highest BCUT2D eigenvalue weighted by atomic mass is 19.1. The Labute approximate surface area is 140 Å². The smallest absolute Gasteiger partial charge is 0.244 e. The van der Waals surface area contributed by atoms with Crippen molar-refractivity contribution in [3.8, 4) is 11.5 Å². The van der Waals surface area contributed by atoms with Crippen molar-refractivity contribution in [3.05, 3.63) is 65.5 Å². The summed E-state index contributed by atoms with van der Waals surface area (Å²) in [6, 6.07) is 11.2. The van der Waals surface area contributed by atoms with E-state index in [2.05, 4.69) is 5.32 Å². The summed E-state index contributed by atoms with van der Waals surface area (Å²) in [5.74, 6) is 0.747. The van der Waals surface area contributed by atoms with Gasteiger partial charge >= 0.3 is 0 Å². The average Bonchev–Trinajstić information content (AvgIpc) is 2.60. The molecule has 24 heavy (non-hydrogen) atoms. The van der Waals surface area contributed by atoms with Gasteiger partial charge in [0.15, 0.2) is 0 Å². The first kappa shape index (κ1) is 17.5. The summed E-state index contributed by atoms with van der Waals surface area (Å²) in [4.78, 5) is 12.1. The third-order valence-electron chi connectivity index (χ3n) is 3.58. The summed E-state index contributed by atoms with van der Waals surface area (Å²) in [7, 11) is 3.14. The molecule has 1 N–H and O–H groups in total. The largest absolute Gasteiger partial charge is 0.497 e. The minimum Gasteiger partial charge on any atom is -0.497 e. The molecule has 0 aromatic heterocycles. The van der Waals surface area contributed by atoms with E-state index in [0.717, 1.165) is 11.1 Å². The van der Waals surface area contributed by atoms with Crippen LogP contribution in [-0.4, -0.2) is 20.1 Å². The number of carbonyl (C=O) groups excluding carboxylic acids is 1. The van der Waals surface area contributed by atoms with Crippen molar-refractivity contribution in [1.82, 2.24) is 5.32 Å². The van der Waals surface area contributed by atoms with E-state index < -0.39 is 0 Å². The number of amides is 1. The predicted octanol–water partition coefficient (Wildman–Crippen LogP) is 3.73. The number of nitrogens with one attached hydrogen (secondary N) is 1. The molecule has 4 nitrogen and oxygen atoms in total. The van der Waals surface area contributed by atoms with Crippen molar-refractivity contribution in [2.45, 2.75) is 13.0 Å². The van der Waals surface area contributed by atoms with Gasteiger partial charge in [0.1, 0.15) is 17.3 Å². The van der Waals surface area contributed by atoms with E-state index in [4.69, 9.17) is 9.47 Å². The molecular weight excluding hydrogens is 309 g/mol. The second kappa shape index (κ2) is 8.15. The van der Waals surface area contributed by atoms with Crippen molar-refractivity contribution in [2.24, 2.45) is 0 Å². The lowest BCUT2D eigenvalue weighted by Crippen LogP contribution is -2.24. The van der Waals surface area contributed by atoms with Crippen molar-refractivity contribution in [3.63, 3.8) is 0 Å². The number of rotatable bonds is 6. The molecule has 5 heteroatoms. The van der Waals surface area contributed by atoms with E-state index in [1.165, 1.54) is 18.2 Å². The highest BCUT2D eigenvalue weighted by Crippen LogP contribution is 2.25. The molecule has 0 aliphatic carbocycles. The van der Waals surface area contributed by atoms with E-state index in [0.29, 0.717) is 11.5 Å². The van der Waals surface area contributed by atoms with Crippen LogP contribution in [0.3, 0.4) is 0 Å². The predicted molar refractivity (Wildman–Crippen MR) is 91.5 cm³/mol. The van der Waals surface area contributed by atoms with Gasteiger partial charge < -0.3 is 14.8 Å². The minimum absolute atomic E-state index is 0.222. The highest BCUT2D eigenvalue weighted by Gasteiger charge is 2.08. The number of carbonyl (C=O) groups is 1. The monoisotopic (exact) mass is 329 g/mol. The Morgan fingerprint density at radius 1 is 1.12 bits per heavy atom. The SMILES string of the molecule is COc1ccc(/C=C/C(=O)N[C@@H](C)c2ccc(F)cc2)c(OC)c1. The maximum atomic E-state index is 12.9. The zero-order valence-corrected chi connectivity index (χ0v) is 13.9. The van der Waals surface area contributed by atoms with Gasteiger partial charge in [0.2, 0.25) is 5.91 Å². The molecule has 0 bridgehead atoms. The first-order chi connectivity index (χ1) is 11.5. The van der Waals surface area contributed by atoms with Crippen LogP contribution < -0.4 is 14.8 Å². The van der Waals surface area contributed by atoms with Crippen molar-refractivity contribution in [2.75, 3.05) is 14.2 Å². The fourth-order valence-corrected chi connectivity index (χ4v) is 2.22. The molecule has 0 heterocycles. The summed E-state index contributed by atoms with van der Waals surface area (Å²) in [5, 5.41) is 2.83. The summed E-state index contributed by atoms with van der Waals surface area (Å²) >= 11 is 0. The number of benzene rings is 2. The Bertz CT molecular complexity index is 726. The van der Waals surface area contributed by atoms with Crippen LogP contribution >= 0.6 is 0 Å². The second-order valence-electron chi connectivity index (χ2n) is 5.22. The van der Waals surface area contributed by atoms with Crippen molar-refractivity contribution in [1.29, 1.82) is 0 Å². The second-order valence-corrected chi connectivity index (χ2v) is 5.22. The van der Waals surface area contributed by atoms with Crippen molar-refractivity contribution >= 4 is 12.0 Å². The topological polar surface area (TPSA) is 47.6 Å². The third kappa shape index (κ3) is 4.59. The van der Waals surface area contributed by atoms with Crippen LogP contribution in [0.25, 0.3) is 6.08 Å². The van der Waals surface area contributed by atoms with Crippen LogP contribution in [0.15, 0.2) is 48.5 Å². The number of hydrogen-bond donors (Lipinski definition) is 1. The standard InChI is InChI=1S/C19H20FNO3/c1-13(14-4-8-16(20)9-5-14)21-19(22)11-7-15-6-10-17(23-2)12-18(15)24-3/h4-13H,1-3H3,(H,21,22)/b11-7+/t13-/m0/s1. The number of ether oxygens (including phenoxy) is 2. The summed E-state index contributed by atoms with van der Waals surface area (Å²) in [6.07, 6.45) is 3.11. The molecular formula is C19H20FNO3. The lowest BCUT2D eigenvalue weighted by molar-refractivity contribution is -0.117. The third-order valence-corrected chi connectivity index (χ3v) is 3.58. The Hall–Kier alpha value is -2.82. The van der Waals surface area contributed by atoms with Crippen LogP contribution in [-0.2, 0) is 4.79 Å².